The number of piperidine rings is 1. The van der Waals surface area contributed by atoms with Gasteiger partial charge in [0.05, 0.1) is 42.8 Å². The number of aromatic nitrogens is 2. The fourth-order valence-corrected chi connectivity index (χ4v) is 15.1. The first-order valence-electron chi connectivity index (χ1n) is 35.5. The predicted octanol–water partition coefficient (Wildman–Crippen LogP) is 8.80. The summed E-state index contributed by atoms with van der Waals surface area (Å²) in [4.78, 5) is 155. The molecule has 23 nitrogen and oxygen atoms in total. The molecule has 0 radical (unpaired) electrons. The molecule has 13 atom stereocenters. The number of urea groups is 1. The van der Waals surface area contributed by atoms with Crippen LogP contribution in [0.25, 0.3) is 0 Å². The van der Waals surface area contributed by atoms with Crippen molar-refractivity contribution in [2.24, 2.45) is 47.2 Å². The molecule has 1 aliphatic carbocycles. The van der Waals surface area contributed by atoms with Crippen LogP contribution in [0, 0.1) is 41.4 Å². The quantitative estimate of drug-likeness (QED) is 0.0305. The zero-order chi connectivity index (χ0) is 71.3. The summed E-state index contributed by atoms with van der Waals surface area (Å²) in [5.74, 6) is -4.97. The molecule has 5 N–H and O–H groups in total. The molecule has 4 aliphatic rings. The third-order valence-electron chi connectivity index (χ3n) is 21.0. The van der Waals surface area contributed by atoms with Gasteiger partial charge in [0.2, 0.25) is 17.7 Å². The zero-order valence-electron chi connectivity index (χ0n) is 59.3. The molecule has 7 rings (SSSR count). The highest BCUT2D eigenvalue weighted by Gasteiger charge is 2.53. The van der Waals surface area contributed by atoms with Crippen molar-refractivity contribution in [3.63, 3.8) is 0 Å². The van der Waals surface area contributed by atoms with Gasteiger partial charge < -0.3 is 40.4 Å². The minimum Gasteiger partial charge on any atom is -0.445 e. The highest BCUT2D eigenvalue weighted by Crippen LogP contribution is 2.44. The van der Waals surface area contributed by atoms with Crippen LogP contribution in [0.2, 0.25) is 0 Å². The summed E-state index contributed by atoms with van der Waals surface area (Å²) < 4.78 is 18.3. The van der Waals surface area contributed by atoms with Crippen molar-refractivity contribution in [3.8, 4) is 0 Å². The van der Waals surface area contributed by atoms with Crippen molar-refractivity contribution in [2.45, 2.75) is 219 Å². The molecule has 3 aromatic rings. The third-order valence-corrected chi connectivity index (χ3v) is 21.0. The Bertz CT molecular complexity index is 3210. The number of primary amides is 1. The number of ether oxygens (including phenoxy) is 3. The van der Waals surface area contributed by atoms with Gasteiger partial charge in [-0.05, 0) is 111 Å². The maximum Gasteiger partial charge on any atom is 0.410 e. The number of nitrogens with one attached hydrogen (secondary N) is 3. The second-order valence-electron chi connectivity index (χ2n) is 28.3. The molecule has 8 amide bonds. The Morgan fingerprint density at radius 1 is 0.765 bits per heavy atom. The standard InChI is InChI=1S/C75H107N9O14/c1-11-48(6)69(65(96-9)44-68(91)82-37-19-24-61(82)71(97-10)49(7)62(86)41-54(59-33-35-78-80-59)38-50-20-14-12-15-21-50)81(8)73(93)58(47(4)5)43-64(88)70-53-29-30-55(40-53)84(70)75(95)98-45-52-27-25-51(26-28-52)39-63(87)60(23-18-34-77-74(76)94)79-72(92)57(46(2)3)42-56(85)22-16-13-17-36-83-66(89)31-32-67(83)90/h12,14-15,20-21,25-28,31-33,35,46-49,53-55,57-58,60-61,65,69-71H,11,13,16-19,22-24,29-30,34,36-45H2,1-10H3,(H,78,80)(H,79,92)(H3,76,77,94)/t48-,49-,53-,54+,55+,57-,58-,60-,61-,65+,69-,70-,71+/m0/s1. The second-order valence-corrected chi connectivity index (χ2v) is 28.3. The Hall–Kier alpha value is -7.92. The van der Waals surface area contributed by atoms with Crippen LogP contribution < -0.4 is 16.4 Å². The Morgan fingerprint density at radius 3 is 2.09 bits per heavy atom. The van der Waals surface area contributed by atoms with Gasteiger partial charge in [-0.3, -0.25) is 58.0 Å². The smallest absolute Gasteiger partial charge is 0.410 e. The van der Waals surface area contributed by atoms with Crippen LogP contribution in [0.4, 0.5) is 9.59 Å². The molecule has 2 aromatic carbocycles. The second kappa shape index (κ2) is 37.3. The number of benzene rings is 2. The molecule has 3 aliphatic heterocycles. The largest absolute Gasteiger partial charge is 0.445 e. The molecule has 23 heteroatoms. The van der Waals surface area contributed by atoms with Crippen LogP contribution in [-0.4, -0.2) is 178 Å². The first-order chi connectivity index (χ1) is 46.8. The van der Waals surface area contributed by atoms with Gasteiger partial charge in [-0.15, -0.1) is 0 Å². The molecule has 536 valence electrons. The number of methoxy groups -OCH3 is 2. The van der Waals surface area contributed by atoms with Crippen LogP contribution >= 0.6 is 0 Å². The minimum atomic E-state index is -0.946. The predicted molar refractivity (Wildman–Crippen MR) is 368 cm³/mol. The number of nitrogens with two attached hydrogens (primary N) is 1. The van der Waals surface area contributed by atoms with E-state index in [1.54, 1.807) is 61.5 Å². The van der Waals surface area contributed by atoms with E-state index in [-0.39, 0.29) is 153 Å². The number of nitrogens with zero attached hydrogens (tertiary/aromatic N) is 5. The highest BCUT2D eigenvalue weighted by atomic mass is 16.6. The number of Topliss-reactive ketones (excluding diaryl/α,β-unsaturated/α-hetero) is 4. The number of aromatic amines is 1. The number of imide groups is 1. The fraction of sp³-hybridized carbons (Fsp3) is 0.627. The normalized spacial score (nSPS) is 20.2. The van der Waals surface area contributed by atoms with Crippen molar-refractivity contribution < 1.29 is 67.0 Å². The van der Waals surface area contributed by atoms with Crippen molar-refractivity contribution in [2.75, 3.05) is 40.9 Å². The van der Waals surface area contributed by atoms with Crippen molar-refractivity contribution in [3.05, 3.63) is 101 Å². The minimum absolute atomic E-state index is 0.0252. The van der Waals surface area contributed by atoms with Gasteiger partial charge in [0, 0.05) is 127 Å². The molecule has 0 spiro atoms. The monoisotopic (exact) mass is 1360 g/mol. The third kappa shape index (κ3) is 20.8. The van der Waals surface area contributed by atoms with Crippen LogP contribution in [0.5, 0.6) is 0 Å². The van der Waals surface area contributed by atoms with Gasteiger partial charge in [0.1, 0.15) is 18.2 Å². The van der Waals surface area contributed by atoms with Gasteiger partial charge in [-0.2, -0.15) is 5.10 Å². The molecule has 1 aromatic heterocycles. The van der Waals surface area contributed by atoms with Gasteiger partial charge in [0.15, 0.2) is 11.6 Å². The lowest BCUT2D eigenvalue weighted by Gasteiger charge is -2.41. The summed E-state index contributed by atoms with van der Waals surface area (Å²) >= 11 is 0. The Morgan fingerprint density at radius 2 is 1.46 bits per heavy atom. The number of likely N-dealkylation sites (N-methyl/N-ethyl adjacent to an activating group) is 1. The van der Waals surface area contributed by atoms with E-state index in [1.165, 1.54) is 12.2 Å². The topological polar surface area (TPSA) is 307 Å². The average Bonchev–Trinajstić information content (AvgIpc) is 1.60. The van der Waals surface area contributed by atoms with Crippen molar-refractivity contribution in [1.29, 1.82) is 0 Å². The van der Waals surface area contributed by atoms with E-state index in [0.717, 1.165) is 29.0 Å². The summed E-state index contributed by atoms with van der Waals surface area (Å²) in [7, 11) is 4.87. The number of carbonyl (C=O) groups is 11. The van der Waals surface area contributed by atoms with Gasteiger partial charge >= 0.3 is 12.1 Å². The van der Waals surface area contributed by atoms with Crippen LogP contribution in [-0.2, 0) is 76.8 Å². The molecule has 98 heavy (non-hydrogen) atoms. The first-order valence-corrected chi connectivity index (χ1v) is 35.5. The van der Waals surface area contributed by atoms with E-state index in [0.29, 0.717) is 75.5 Å². The SMILES string of the molecule is CC[C@H](C)[C@@H]([C@@H](CC(=O)N1CCC[C@H]1[C@H](OC)[C@@H](C)C(=O)C[C@@H](Cc1ccccc1)c1ccn[nH]1)OC)N(C)C(=O)[C@@H](CC(=O)[C@@H]1[C@H]2CC[C@H](C2)N1C(=O)OCc1ccc(CC(=O)[C@H](CCCNC(N)=O)NC(=O)[C@@H](CC(=O)CCCCCN2C(=O)C=CC2=O)C(C)C)cc1)C(C)C. The Labute approximate surface area is 578 Å². The number of likely N-dealkylation sites (tertiary alicyclic amines) is 2. The Balaban J connectivity index is 0.935. The first kappa shape index (κ1) is 77.4. The van der Waals surface area contributed by atoms with Gasteiger partial charge in [0.25, 0.3) is 11.8 Å². The molecular formula is C75H107N9O14. The summed E-state index contributed by atoms with van der Waals surface area (Å²) in [5.41, 5.74) is 8.53. The van der Waals surface area contributed by atoms with Crippen molar-refractivity contribution in [1.82, 2.24) is 40.4 Å². The van der Waals surface area contributed by atoms with E-state index in [2.05, 4.69) is 20.8 Å². The maximum absolute atomic E-state index is 15.0. The van der Waals surface area contributed by atoms with Crippen molar-refractivity contribution >= 4 is 64.8 Å². The number of unbranched alkanes of at least 4 members (excludes halogenated alkanes) is 2. The fourth-order valence-electron chi connectivity index (χ4n) is 15.1. The van der Waals surface area contributed by atoms with Gasteiger partial charge in [-0.25, -0.2) is 9.59 Å². The van der Waals surface area contributed by atoms with E-state index >= 15 is 4.79 Å². The lowest BCUT2D eigenvalue weighted by atomic mass is 9.83. The average molecular weight is 1360 g/mol. The van der Waals surface area contributed by atoms with E-state index in [1.807, 2.05) is 89.8 Å². The van der Waals surface area contributed by atoms with Crippen LogP contribution in [0.3, 0.4) is 0 Å². The number of rotatable bonds is 41. The summed E-state index contributed by atoms with van der Waals surface area (Å²) in [6.45, 7) is 14.2. The number of hydrogen-bond acceptors (Lipinski definition) is 15. The number of hydrogen-bond donors (Lipinski definition) is 4. The number of carbonyl (C=O) groups excluding carboxylic acids is 11. The van der Waals surface area contributed by atoms with Crippen LogP contribution in [0.15, 0.2) is 79.0 Å². The summed E-state index contributed by atoms with van der Waals surface area (Å²) in [5, 5.41) is 12.7. The Kier molecular flexibility index (Phi) is 29.5. The van der Waals surface area contributed by atoms with E-state index in [9.17, 15) is 47.9 Å². The summed E-state index contributed by atoms with van der Waals surface area (Å²) in [6, 6.07) is 15.3. The molecule has 4 heterocycles. The van der Waals surface area contributed by atoms with E-state index < -0.39 is 66.1 Å². The lowest BCUT2D eigenvalue weighted by Crippen LogP contribution is -2.54. The molecular weight excluding hydrogens is 1250 g/mol. The van der Waals surface area contributed by atoms with Crippen LogP contribution in [0.1, 0.15) is 180 Å². The molecule has 2 bridgehead atoms. The number of amides is 8. The summed E-state index contributed by atoms with van der Waals surface area (Å²) in [6.07, 6.45) is 9.54. The highest BCUT2D eigenvalue weighted by molar-refractivity contribution is 6.12. The van der Waals surface area contributed by atoms with E-state index in [4.69, 9.17) is 19.9 Å². The molecule has 2 saturated heterocycles. The lowest BCUT2D eigenvalue weighted by molar-refractivity contribution is -0.149. The maximum atomic E-state index is 15.0. The molecule has 1 saturated carbocycles. The zero-order valence-corrected chi connectivity index (χ0v) is 59.3. The van der Waals surface area contributed by atoms with Gasteiger partial charge in [-0.1, -0.05) is 116 Å². The number of H-pyrrole nitrogens is 1. The number of fused-ring (bicyclic) bond motifs is 2. The molecule has 3 fully saturated rings. The molecule has 0 unspecified atom stereocenters. The number of ketones is 4.